The molecule has 0 heterocycles. The summed E-state index contributed by atoms with van der Waals surface area (Å²) in [5.41, 5.74) is 0. The van der Waals surface area contributed by atoms with E-state index in [1.54, 1.807) is 12.1 Å². The molecule has 0 amide bonds. The van der Waals surface area contributed by atoms with E-state index in [-0.39, 0.29) is 46.2 Å². The molecular formula is C10H8NdO6S2. The van der Waals surface area contributed by atoms with Gasteiger partial charge >= 0.3 is 0 Å². The molecule has 0 unspecified atom stereocenters. The van der Waals surface area contributed by atoms with Crippen LogP contribution < -0.4 is 0 Å². The van der Waals surface area contributed by atoms with Crippen LogP contribution in [0, 0.1) is 40.8 Å². The van der Waals surface area contributed by atoms with Crippen LogP contribution in [-0.4, -0.2) is 25.9 Å². The maximum Gasteiger partial charge on any atom is 0.296 e. The van der Waals surface area contributed by atoms with Gasteiger partial charge in [-0.1, -0.05) is 30.3 Å². The molecule has 0 aliphatic rings. The fraction of sp³-hybridized carbons (Fsp3) is 0. The van der Waals surface area contributed by atoms with E-state index < -0.39 is 30.0 Å². The summed E-state index contributed by atoms with van der Waals surface area (Å²) >= 11 is 0. The Hall–Kier alpha value is -0.129. The van der Waals surface area contributed by atoms with Crippen molar-refractivity contribution in [1.82, 2.24) is 0 Å². The largest absolute Gasteiger partial charge is 0.296 e. The van der Waals surface area contributed by atoms with Crippen LogP contribution in [0.1, 0.15) is 0 Å². The molecule has 9 heteroatoms. The standard InChI is InChI=1S/C10H8O6S2.Nd/c11-17(12,13)9-6-5-7-3-1-2-4-8(7)10(9)18(14,15)16;/h1-6H,(H,11,12,13)(H,14,15,16);. The van der Waals surface area contributed by atoms with Gasteiger partial charge in [0.05, 0.1) is 0 Å². The summed E-state index contributed by atoms with van der Waals surface area (Å²) in [4.78, 5) is -1.66. The molecule has 0 bridgehead atoms. The molecule has 100 valence electrons. The SMILES string of the molecule is O=S(=O)(O)c1ccc2ccccc2c1S(=O)(=O)O.[Nd]. The molecule has 0 atom stereocenters. The van der Waals surface area contributed by atoms with E-state index in [4.69, 9.17) is 9.11 Å². The summed E-state index contributed by atoms with van der Waals surface area (Å²) in [6, 6.07) is 8.28. The first-order valence-electron chi connectivity index (χ1n) is 4.68. The molecule has 2 aromatic carbocycles. The van der Waals surface area contributed by atoms with Crippen molar-refractivity contribution < 1.29 is 66.8 Å². The molecule has 2 aromatic rings. The Morgan fingerprint density at radius 2 is 1.37 bits per heavy atom. The summed E-state index contributed by atoms with van der Waals surface area (Å²) < 4.78 is 63.0. The van der Waals surface area contributed by atoms with E-state index in [1.807, 2.05) is 0 Å². The number of hydrogen-bond acceptors (Lipinski definition) is 4. The zero-order valence-corrected chi connectivity index (χ0v) is 14.1. The third-order valence-electron chi connectivity index (χ3n) is 2.38. The Morgan fingerprint density at radius 3 is 1.89 bits per heavy atom. The van der Waals surface area contributed by atoms with Crippen molar-refractivity contribution >= 4 is 31.0 Å². The van der Waals surface area contributed by atoms with Crippen molar-refractivity contribution in [3.05, 3.63) is 36.4 Å². The van der Waals surface area contributed by atoms with Crippen LogP contribution >= 0.6 is 0 Å². The molecule has 2 rings (SSSR count). The van der Waals surface area contributed by atoms with Gasteiger partial charge in [0.25, 0.3) is 20.2 Å². The van der Waals surface area contributed by atoms with Gasteiger partial charge in [-0.25, -0.2) is 0 Å². The van der Waals surface area contributed by atoms with Gasteiger partial charge in [0.15, 0.2) is 0 Å². The normalized spacial score (nSPS) is 12.1. The third kappa shape index (κ3) is 3.50. The molecule has 0 saturated carbocycles. The zero-order chi connectivity index (χ0) is 13.6. The molecule has 0 aliphatic carbocycles. The molecule has 2 N–H and O–H groups in total. The fourth-order valence-corrected chi connectivity index (χ4v) is 3.69. The fourth-order valence-electron chi connectivity index (χ4n) is 1.69. The smallest absolute Gasteiger partial charge is 0.282 e. The second-order valence-electron chi connectivity index (χ2n) is 3.56. The molecule has 0 radical (unpaired) electrons. The zero-order valence-electron chi connectivity index (χ0n) is 9.31. The topological polar surface area (TPSA) is 109 Å². The van der Waals surface area contributed by atoms with Gasteiger partial charge in [0.1, 0.15) is 9.79 Å². The van der Waals surface area contributed by atoms with Crippen LogP contribution in [0.4, 0.5) is 0 Å². The van der Waals surface area contributed by atoms with Crippen molar-refractivity contribution in [2.75, 3.05) is 0 Å². The van der Waals surface area contributed by atoms with Crippen molar-refractivity contribution in [3.63, 3.8) is 0 Å². The summed E-state index contributed by atoms with van der Waals surface area (Å²) in [6.45, 7) is 0. The first-order chi connectivity index (χ1) is 8.21. The number of hydrogen-bond donors (Lipinski definition) is 2. The Labute approximate surface area is 142 Å². The van der Waals surface area contributed by atoms with Crippen LogP contribution in [-0.2, 0) is 20.2 Å². The maximum absolute atomic E-state index is 11.3. The van der Waals surface area contributed by atoms with E-state index in [0.29, 0.717) is 5.39 Å². The minimum absolute atomic E-state index is 0. The van der Waals surface area contributed by atoms with Crippen molar-refractivity contribution in [3.8, 4) is 0 Å². The van der Waals surface area contributed by atoms with Gasteiger partial charge in [0.2, 0.25) is 0 Å². The van der Waals surface area contributed by atoms with E-state index in [2.05, 4.69) is 0 Å². The Kier molecular flexibility index (Phi) is 5.08. The van der Waals surface area contributed by atoms with Gasteiger partial charge < -0.3 is 0 Å². The van der Waals surface area contributed by atoms with Gasteiger partial charge in [-0.3, -0.25) is 9.11 Å². The van der Waals surface area contributed by atoms with Gasteiger partial charge in [-0.05, 0) is 11.5 Å². The average Bonchev–Trinajstić information content (AvgIpc) is 2.24. The quantitative estimate of drug-likeness (QED) is 0.693. The van der Waals surface area contributed by atoms with Gasteiger partial charge in [-0.2, -0.15) is 16.8 Å². The van der Waals surface area contributed by atoms with Crippen molar-refractivity contribution in [2.24, 2.45) is 0 Å². The van der Waals surface area contributed by atoms with Crippen LogP contribution in [0.25, 0.3) is 10.8 Å². The average molecular weight is 433 g/mol. The molecule has 19 heavy (non-hydrogen) atoms. The first kappa shape index (κ1) is 16.9. The molecule has 0 aromatic heterocycles. The van der Waals surface area contributed by atoms with Crippen LogP contribution in [0.2, 0.25) is 0 Å². The number of benzene rings is 2. The summed E-state index contributed by atoms with van der Waals surface area (Å²) in [5, 5.41) is 0.452. The molecule has 0 aliphatic heterocycles. The first-order valence-corrected chi connectivity index (χ1v) is 7.56. The molecule has 6 nitrogen and oxygen atoms in total. The third-order valence-corrected chi connectivity index (χ3v) is 4.36. The van der Waals surface area contributed by atoms with Crippen LogP contribution in [0.3, 0.4) is 0 Å². The van der Waals surface area contributed by atoms with E-state index in [0.717, 1.165) is 6.07 Å². The van der Waals surface area contributed by atoms with Crippen molar-refractivity contribution in [2.45, 2.75) is 9.79 Å². The van der Waals surface area contributed by atoms with E-state index in [9.17, 15) is 16.8 Å². The Bertz CT molecular complexity index is 826. The van der Waals surface area contributed by atoms with Gasteiger partial charge in [-0.15, -0.1) is 0 Å². The summed E-state index contributed by atoms with van der Waals surface area (Å²) in [7, 11) is -9.53. The maximum atomic E-state index is 11.3. The second kappa shape index (κ2) is 5.70. The number of fused-ring (bicyclic) bond motifs is 1. The molecule has 0 fully saturated rings. The van der Waals surface area contributed by atoms with Gasteiger partial charge in [0, 0.05) is 46.2 Å². The molecule has 0 spiro atoms. The monoisotopic (exact) mass is 430 g/mol. The Morgan fingerprint density at radius 1 is 0.789 bits per heavy atom. The predicted molar refractivity (Wildman–Crippen MR) is 63.6 cm³/mol. The summed E-state index contributed by atoms with van der Waals surface area (Å²) in [6.07, 6.45) is 0. The van der Waals surface area contributed by atoms with Crippen molar-refractivity contribution in [1.29, 1.82) is 0 Å². The van der Waals surface area contributed by atoms with E-state index in [1.165, 1.54) is 18.2 Å². The minimum Gasteiger partial charge on any atom is -0.282 e. The molecular weight excluding hydrogens is 424 g/mol. The van der Waals surface area contributed by atoms with Crippen LogP contribution in [0.5, 0.6) is 0 Å². The van der Waals surface area contributed by atoms with Crippen LogP contribution in [0.15, 0.2) is 46.2 Å². The summed E-state index contributed by atoms with van der Waals surface area (Å²) in [5.74, 6) is 0. The Balaban J connectivity index is 0.00000180. The van der Waals surface area contributed by atoms with E-state index >= 15 is 0 Å². The molecule has 0 saturated heterocycles. The number of rotatable bonds is 2. The predicted octanol–water partition coefficient (Wildman–Crippen LogP) is 1.33. The minimum atomic E-state index is -4.78. The second-order valence-corrected chi connectivity index (χ2v) is 6.31.